The second kappa shape index (κ2) is 6.49. The predicted molar refractivity (Wildman–Crippen MR) is 78.2 cm³/mol. The number of methoxy groups -OCH3 is 1. The summed E-state index contributed by atoms with van der Waals surface area (Å²) >= 11 is 1.38. The molecular formula is C13H15N3O4S. The lowest BCUT2D eigenvalue weighted by Crippen LogP contribution is -2.35. The van der Waals surface area contributed by atoms with Gasteiger partial charge in [-0.15, -0.1) is 11.3 Å². The first kappa shape index (κ1) is 15.2. The van der Waals surface area contributed by atoms with Gasteiger partial charge in [-0.2, -0.15) is 0 Å². The number of fused-ring (bicyclic) bond motifs is 1. The number of esters is 1. The van der Waals surface area contributed by atoms with Crippen LogP contribution in [0.5, 0.6) is 0 Å². The Morgan fingerprint density at radius 3 is 2.95 bits per heavy atom. The van der Waals surface area contributed by atoms with E-state index in [2.05, 4.69) is 9.72 Å². The first-order chi connectivity index (χ1) is 10.0. The van der Waals surface area contributed by atoms with Gasteiger partial charge in [0.05, 0.1) is 25.2 Å². The molecular weight excluding hydrogens is 294 g/mol. The predicted octanol–water partition coefficient (Wildman–Crippen LogP) is 0.479. The molecule has 0 aromatic carbocycles. The van der Waals surface area contributed by atoms with E-state index in [1.165, 1.54) is 34.2 Å². The fraction of sp³-hybridized carbons (Fsp3) is 0.385. The molecule has 2 aromatic rings. The van der Waals surface area contributed by atoms with E-state index in [1.54, 1.807) is 18.5 Å². The van der Waals surface area contributed by atoms with Crippen molar-refractivity contribution in [3.8, 4) is 0 Å². The van der Waals surface area contributed by atoms with Gasteiger partial charge in [-0.25, -0.2) is 4.98 Å². The molecule has 1 amide bonds. The first-order valence-electron chi connectivity index (χ1n) is 6.26. The number of aromatic nitrogens is 2. The van der Waals surface area contributed by atoms with Crippen molar-refractivity contribution in [2.45, 2.75) is 13.0 Å². The van der Waals surface area contributed by atoms with Gasteiger partial charge in [-0.05, 0) is 11.4 Å². The molecule has 8 heteroatoms. The summed E-state index contributed by atoms with van der Waals surface area (Å²) in [6, 6.07) is 1.69. The third-order valence-corrected chi connectivity index (χ3v) is 3.88. The Hall–Kier alpha value is -2.22. The summed E-state index contributed by atoms with van der Waals surface area (Å²) < 4.78 is 5.79. The van der Waals surface area contributed by atoms with Crippen molar-refractivity contribution < 1.29 is 14.3 Å². The van der Waals surface area contributed by atoms with Gasteiger partial charge in [-0.3, -0.25) is 19.0 Å². The quantitative estimate of drug-likeness (QED) is 0.750. The normalized spacial score (nSPS) is 10.6. The topological polar surface area (TPSA) is 81.5 Å². The fourth-order valence-electron chi connectivity index (χ4n) is 1.76. The molecule has 0 bridgehead atoms. The molecule has 112 valence electrons. The van der Waals surface area contributed by atoms with Crippen LogP contribution in [0.2, 0.25) is 0 Å². The monoisotopic (exact) mass is 309 g/mol. The summed E-state index contributed by atoms with van der Waals surface area (Å²) in [5.41, 5.74) is -0.240. The molecule has 2 aromatic heterocycles. The van der Waals surface area contributed by atoms with Crippen LogP contribution in [0.15, 0.2) is 22.6 Å². The molecule has 0 spiro atoms. The van der Waals surface area contributed by atoms with Crippen LogP contribution in [-0.4, -0.2) is 47.0 Å². The number of thiophene rings is 1. The van der Waals surface area contributed by atoms with Gasteiger partial charge in [0.1, 0.15) is 11.4 Å². The second-order valence-corrected chi connectivity index (χ2v) is 5.35. The van der Waals surface area contributed by atoms with Crippen LogP contribution in [-0.2, 0) is 20.9 Å². The van der Waals surface area contributed by atoms with Crippen LogP contribution in [0.25, 0.3) is 10.2 Å². The summed E-state index contributed by atoms with van der Waals surface area (Å²) in [7, 11) is 2.87. The Kier molecular flexibility index (Phi) is 4.69. The van der Waals surface area contributed by atoms with Crippen molar-refractivity contribution in [2.75, 3.05) is 20.7 Å². The maximum Gasteiger partial charge on any atom is 0.307 e. The summed E-state index contributed by atoms with van der Waals surface area (Å²) in [4.78, 5) is 41.4. The molecule has 0 fully saturated rings. The molecule has 0 unspecified atom stereocenters. The van der Waals surface area contributed by atoms with Gasteiger partial charge >= 0.3 is 5.97 Å². The van der Waals surface area contributed by atoms with Crippen LogP contribution >= 0.6 is 11.3 Å². The van der Waals surface area contributed by atoms with Crippen LogP contribution < -0.4 is 5.56 Å². The molecule has 0 N–H and O–H groups in total. The average Bonchev–Trinajstić information content (AvgIpc) is 2.96. The maximum atomic E-state index is 12.1. The zero-order valence-corrected chi connectivity index (χ0v) is 12.6. The van der Waals surface area contributed by atoms with Gasteiger partial charge in [0.25, 0.3) is 5.56 Å². The summed E-state index contributed by atoms with van der Waals surface area (Å²) in [6.45, 7) is 0.143. The average molecular weight is 309 g/mol. The minimum atomic E-state index is -0.381. The van der Waals surface area contributed by atoms with E-state index >= 15 is 0 Å². The highest BCUT2D eigenvalue weighted by molar-refractivity contribution is 7.16. The van der Waals surface area contributed by atoms with Gasteiger partial charge in [0.2, 0.25) is 5.91 Å². The summed E-state index contributed by atoms with van der Waals surface area (Å²) in [6.07, 6.45) is 1.49. The van der Waals surface area contributed by atoms with Crippen LogP contribution in [0, 0.1) is 0 Å². The number of ether oxygens (including phenoxy) is 1. The van der Waals surface area contributed by atoms with E-state index < -0.39 is 0 Å². The second-order valence-electron chi connectivity index (χ2n) is 4.46. The number of carbonyl (C=O) groups is 2. The summed E-state index contributed by atoms with van der Waals surface area (Å²) in [5, 5.41) is 2.29. The Morgan fingerprint density at radius 2 is 2.24 bits per heavy atom. The Balaban J connectivity index is 2.05. The zero-order chi connectivity index (χ0) is 15.4. The van der Waals surface area contributed by atoms with E-state index in [1.807, 2.05) is 0 Å². The minimum absolute atomic E-state index is 0.102. The number of hydrogen-bond donors (Lipinski definition) is 0. The minimum Gasteiger partial charge on any atom is -0.469 e. The molecule has 0 aliphatic carbocycles. The van der Waals surface area contributed by atoms with Crippen LogP contribution in [0.4, 0.5) is 0 Å². The molecule has 2 rings (SSSR count). The fourth-order valence-corrected chi connectivity index (χ4v) is 2.48. The lowest BCUT2D eigenvalue weighted by atomic mass is 10.3. The molecule has 0 radical (unpaired) electrons. The van der Waals surface area contributed by atoms with Gasteiger partial charge < -0.3 is 9.64 Å². The first-order valence-corrected chi connectivity index (χ1v) is 7.14. The van der Waals surface area contributed by atoms with E-state index in [0.717, 1.165) is 0 Å². The van der Waals surface area contributed by atoms with Crippen LogP contribution in [0.3, 0.4) is 0 Å². The van der Waals surface area contributed by atoms with Crippen molar-refractivity contribution in [3.63, 3.8) is 0 Å². The highest BCUT2D eigenvalue weighted by atomic mass is 32.1. The number of amides is 1. The van der Waals surface area contributed by atoms with Crippen molar-refractivity contribution >= 4 is 33.4 Å². The lowest BCUT2D eigenvalue weighted by molar-refractivity contribution is -0.141. The molecule has 0 saturated carbocycles. The standard InChI is InChI=1S/C13H15N3O4S/c1-15(5-3-11(18)20-2)10(17)7-16-8-14-12-9(13(16)19)4-6-21-12/h4,6,8H,3,5,7H2,1-2H3. The van der Waals surface area contributed by atoms with Gasteiger partial charge in [-0.1, -0.05) is 0 Å². The number of nitrogens with zero attached hydrogens (tertiary/aromatic N) is 3. The third kappa shape index (κ3) is 3.46. The highest BCUT2D eigenvalue weighted by Gasteiger charge is 2.13. The van der Waals surface area contributed by atoms with Gasteiger partial charge in [0, 0.05) is 13.6 Å². The van der Waals surface area contributed by atoms with Crippen molar-refractivity contribution in [1.82, 2.24) is 14.5 Å². The molecule has 0 atom stereocenters. The van der Waals surface area contributed by atoms with E-state index in [4.69, 9.17) is 0 Å². The molecule has 0 aliphatic rings. The number of rotatable bonds is 5. The van der Waals surface area contributed by atoms with Crippen molar-refractivity contribution in [3.05, 3.63) is 28.1 Å². The number of carbonyl (C=O) groups excluding carboxylic acids is 2. The Bertz CT molecular complexity index is 722. The number of hydrogen-bond acceptors (Lipinski definition) is 6. The molecule has 0 saturated heterocycles. The SMILES string of the molecule is COC(=O)CCN(C)C(=O)Cn1cnc2sccc2c1=O. The number of likely N-dealkylation sites (N-methyl/N-ethyl adjacent to an activating group) is 1. The largest absolute Gasteiger partial charge is 0.469 e. The Morgan fingerprint density at radius 1 is 1.48 bits per heavy atom. The third-order valence-electron chi connectivity index (χ3n) is 3.06. The lowest BCUT2D eigenvalue weighted by Gasteiger charge is -2.16. The zero-order valence-electron chi connectivity index (χ0n) is 11.7. The smallest absolute Gasteiger partial charge is 0.307 e. The highest BCUT2D eigenvalue weighted by Crippen LogP contribution is 2.13. The van der Waals surface area contributed by atoms with Crippen molar-refractivity contribution in [1.29, 1.82) is 0 Å². The molecule has 21 heavy (non-hydrogen) atoms. The molecule has 2 heterocycles. The molecule has 7 nitrogen and oxygen atoms in total. The Labute approximate surface area is 124 Å². The van der Waals surface area contributed by atoms with E-state index in [-0.39, 0.29) is 36.9 Å². The maximum absolute atomic E-state index is 12.1. The van der Waals surface area contributed by atoms with Crippen molar-refractivity contribution in [2.24, 2.45) is 0 Å². The van der Waals surface area contributed by atoms with E-state index in [0.29, 0.717) is 10.2 Å². The molecule has 0 aliphatic heterocycles. The van der Waals surface area contributed by atoms with Gasteiger partial charge in [0.15, 0.2) is 0 Å². The summed E-state index contributed by atoms with van der Waals surface area (Å²) in [5.74, 6) is -0.648. The van der Waals surface area contributed by atoms with E-state index in [9.17, 15) is 14.4 Å². The van der Waals surface area contributed by atoms with Crippen LogP contribution in [0.1, 0.15) is 6.42 Å².